The Morgan fingerprint density at radius 1 is 1.07 bits per heavy atom. The quantitative estimate of drug-likeness (QED) is 0.233. The highest BCUT2D eigenvalue weighted by Gasteiger charge is 2.68. The molecule has 8 atom stereocenters. The summed E-state index contributed by atoms with van der Waals surface area (Å²) < 4.78 is 5.06. The Labute approximate surface area is 237 Å². The van der Waals surface area contributed by atoms with Crippen LogP contribution >= 0.6 is 0 Å². The molecule has 0 aliphatic heterocycles. The van der Waals surface area contributed by atoms with E-state index in [4.69, 9.17) is 14.9 Å². The van der Waals surface area contributed by atoms with Gasteiger partial charge in [0.25, 0.3) is 0 Å². The van der Waals surface area contributed by atoms with Gasteiger partial charge >= 0.3 is 17.9 Å². The maximum atomic E-state index is 13.3. The fourth-order valence-electron chi connectivity index (χ4n) is 8.34. The lowest BCUT2D eigenvalue weighted by molar-refractivity contribution is -0.184. The number of ether oxygens (including phenoxy) is 1. The molecule has 0 saturated heterocycles. The van der Waals surface area contributed by atoms with Crippen LogP contribution in [0.1, 0.15) is 78.1 Å². The van der Waals surface area contributed by atoms with Crippen molar-refractivity contribution in [1.82, 2.24) is 5.32 Å². The average molecular weight is 578 g/mol. The number of aliphatic hydroxyl groups excluding tert-OH is 1. The zero-order valence-corrected chi connectivity index (χ0v) is 23.4. The van der Waals surface area contributed by atoms with Crippen molar-refractivity contribution in [2.24, 2.45) is 28.6 Å². The minimum absolute atomic E-state index is 0.0340. The molecule has 12 nitrogen and oxygen atoms in total. The molecule has 0 aromatic rings. The second-order valence-electron chi connectivity index (χ2n) is 12.6. The van der Waals surface area contributed by atoms with Crippen LogP contribution in [-0.2, 0) is 33.5 Å². The predicted molar refractivity (Wildman–Crippen MR) is 140 cm³/mol. The van der Waals surface area contributed by atoms with E-state index in [1.807, 2.05) is 12.2 Å². The Morgan fingerprint density at radius 3 is 2.44 bits per heavy atom. The van der Waals surface area contributed by atoms with E-state index in [0.717, 1.165) is 18.4 Å². The van der Waals surface area contributed by atoms with Gasteiger partial charge in [0.1, 0.15) is 11.6 Å². The van der Waals surface area contributed by atoms with E-state index >= 15 is 0 Å². The summed E-state index contributed by atoms with van der Waals surface area (Å²) in [6, 6.07) is -1.65. The molecule has 4 aliphatic carbocycles. The van der Waals surface area contributed by atoms with Gasteiger partial charge in [0.15, 0.2) is 12.4 Å². The number of ketones is 2. The summed E-state index contributed by atoms with van der Waals surface area (Å²) in [5, 5.41) is 43.0. The number of fused-ring (bicyclic) bond motifs is 5. The van der Waals surface area contributed by atoms with Crippen LogP contribution < -0.4 is 5.32 Å². The molecule has 3 fully saturated rings. The van der Waals surface area contributed by atoms with Gasteiger partial charge in [-0.2, -0.15) is 0 Å². The number of carbonyl (C=O) groups is 6. The van der Waals surface area contributed by atoms with Gasteiger partial charge in [-0.05, 0) is 67.8 Å². The van der Waals surface area contributed by atoms with Crippen LogP contribution in [0.15, 0.2) is 11.6 Å². The van der Waals surface area contributed by atoms with Gasteiger partial charge in [0, 0.05) is 18.3 Å². The summed E-state index contributed by atoms with van der Waals surface area (Å²) in [6.45, 7) is 3.23. The number of amides is 1. The van der Waals surface area contributed by atoms with Gasteiger partial charge < -0.3 is 30.5 Å². The third-order valence-corrected chi connectivity index (χ3v) is 10.4. The summed E-state index contributed by atoms with van der Waals surface area (Å²) in [6.07, 6.45) is 2.74. The van der Waals surface area contributed by atoms with Gasteiger partial charge in [0.2, 0.25) is 11.7 Å². The standard InChI is InChI=1S/C29H39NO11/c1-27-9-7-16(31)11-15(27)3-4-17-18-8-10-29(40,28(18,2)13-20(32)25(17)27)21(33)14-41-24(37)6-5-22(34)30-19(26(38)39)12-23(35)36/h11,17-20,25,32,40H,3-10,12-14H2,1-2H3,(H,30,34)(H,35,36)(H,38,39). The highest BCUT2D eigenvalue weighted by molar-refractivity contribution is 5.92. The zero-order chi connectivity index (χ0) is 30.3. The Hall–Kier alpha value is -3.12. The molecule has 0 bridgehead atoms. The fourth-order valence-corrected chi connectivity index (χ4v) is 8.34. The van der Waals surface area contributed by atoms with Gasteiger partial charge in [-0.1, -0.05) is 19.4 Å². The third-order valence-electron chi connectivity index (χ3n) is 10.4. The van der Waals surface area contributed by atoms with Crippen LogP contribution in [0.3, 0.4) is 0 Å². The second-order valence-corrected chi connectivity index (χ2v) is 12.6. The number of nitrogens with one attached hydrogen (secondary N) is 1. The molecular weight excluding hydrogens is 538 g/mol. The number of hydrogen-bond acceptors (Lipinski definition) is 9. The first kappa shape index (κ1) is 30.8. The van der Waals surface area contributed by atoms with Crippen LogP contribution in [0, 0.1) is 28.6 Å². The highest BCUT2D eigenvalue weighted by atomic mass is 16.5. The lowest BCUT2D eigenvalue weighted by Crippen LogP contribution is -2.62. The van der Waals surface area contributed by atoms with E-state index in [-0.39, 0.29) is 41.8 Å². The molecular formula is C29H39NO11. The second kappa shape index (κ2) is 11.3. The van der Waals surface area contributed by atoms with E-state index in [9.17, 15) is 39.0 Å². The topological polar surface area (TPSA) is 205 Å². The molecule has 4 rings (SSSR count). The van der Waals surface area contributed by atoms with Crippen LogP contribution in [-0.4, -0.2) is 80.2 Å². The van der Waals surface area contributed by atoms with Crippen molar-refractivity contribution in [3.05, 3.63) is 11.6 Å². The lowest BCUT2D eigenvalue weighted by Gasteiger charge is -2.60. The number of carboxylic acids is 2. The molecule has 12 heteroatoms. The largest absolute Gasteiger partial charge is 0.481 e. The van der Waals surface area contributed by atoms with E-state index in [0.29, 0.717) is 19.3 Å². The predicted octanol–water partition coefficient (Wildman–Crippen LogP) is 1.16. The van der Waals surface area contributed by atoms with Gasteiger partial charge in [-0.15, -0.1) is 0 Å². The lowest BCUT2D eigenvalue weighted by atomic mass is 9.45. The normalized spacial score (nSPS) is 36.6. The van der Waals surface area contributed by atoms with Crippen molar-refractivity contribution in [1.29, 1.82) is 0 Å². The molecule has 41 heavy (non-hydrogen) atoms. The van der Waals surface area contributed by atoms with Crippen molar-refractivity contribution >= 4 is 35.4 Å². The highest BCUT2D eigenvalue weighted by Crippen LogP contribution is 2.67. The maximum absolute atomic E-state index is 13.3. The summed E-state index contributed by atoms with van der Waals surface area (Å²) in [7, 11) is 0. The first-order chi connectivity index (χ1) is 19.1. The summed E-state index contributed by atoms with van der Waals surface area (Å²) in [5.74, 6) is -5.32. The number of allylic oxidation sites excluding steroid dienone is 1. The Morgan fingerprint density at radius 2 is 1.78 bits per heavy atom. The van der Waals surface area contributed by atoms with Crippen LogP contribution in [0.25, 0.3) is 0 Å². The molecule has 3 saturated carbocycles. The molecule has 226 valence electrons. The molecule has 0 aromatic carbocycles. The number of aliphatic hydroxyl groups is 2. The number of hydrogen-bond donors (Lipinski definition) is 5. The van der Waals surface area contributed by atoms with Gasteiger partial charge in [0.05, 0.1) is 18.9 Å². The van der Waals surface area contributed by atoms with Crippen molar-refractivity contribution < 1.29 is 53.9 Å². The molecule has 8 unspecified atom stereocenters. The zero-order valence-electron chi connectivity index (χ0n) is 23.4. The molecule has 5 N–H and O–H groups in total. The van der Waals surface area contributed by atoms with Gasteiger partial charge in [-0.3, -0.25) is 24.0 Å². The smallest absolute Gasteiger partial charge is 0.326 e. The van der Waals surface area contributed by atoms with Crippen LogP contribution in [0.5, 0.6) is 0 Å². The molecule has 0 heterocycles. The number of aliphatic carboxylic acids is 2. The average Bonchev–Trinajstić information content (AvgIpc) is 3.16. The molecule has 0 spiro atoms. The molecule has 1 amide bonds. The number of rotatable bonds is 10. The van der Waals surface area contributed by atoms with E-state index < -0.39 is 78.6 Å². The maximum Gasteiger partial charge on any atom is 0.326 e. The summed E-state index contributed by atoms with van der Waals surface area (Å²) >= 11 is 0. The number of carbonyl (C=O) groups excluding carboxylic acids is 4. The monoisotopic (exact) mass is 577 g/mol. The summed E-state index contributed by atoms with van der Waals surface area (Å²) in [4.78, 5) is 71.5. The number of Topliss-reactive ketones (excluding diaryl/α,β-unsaturated/α-hetero) is 1. The SMILES string of the molecule is CC12CCC(=O)C=C1CCC1C2C(O)CC2(C)C1CCC2(O)C(=O)COC(=O)CCC(=O)NC(CC(=O)O)C(=O)O. The van der Waals surface area contributed by atoms with Crippen molar-refractivity contribution in [2.75, 3.05) is 6.61 Å². The first-order valence-electron chi connectivity index (χ1n) is 14.2. The van der Waals surface area contributed by atoms with Gasteiger partial charge in [-0.25, -0.2) is 4.79 Å². The first-order valence-corrected chi connectivity index (χ1v) is 14.2. The molecule has 0 aromatic heterocycles. The van der Waals surface area contributed by atoms with E-state index in [1.165, 1.54) is 0 Å². The van der Waals surface area contributed by atoms with Crippen molar-refractivity contribution in [3.8, 4) is 0 Å². The third kappa shape index (κ3) is 5.55. The van der Waals surface area contributed by atoms with Crippen molar-refractivity contribution in [2.45, 2.75) is 95.8 Å². The molecule has 4 aliphatic rings. The fraction of sp³-hybridized carbons (Fsp3) is 0.724. The van der Waals surface area contributed by atoms with E-state index in [1.54, 1.807) is 6.08 Å². The molecule has 0 radical (unpaired) electrons. The minimum Gasteiger partial charge on any atom is -0.481 e. The summed E-state index contributed by atoms with van der Waals surface area (Å²) in [5.41, 5.74) is -1.97. The Kier molecular flexibility index (Phi) is 8.48. The Bertz CT molecular complexity index is 1180. The number of esters is 1. The van der Waals surface area contributed by atoms with Crippen molar-refractivity contribution in [3.63, 3.8) is 0 Å². The van der Waals surface area contributed by atoms with Crippen LogP contribution in [0.2, 0.25) is 0 Å². The van der Waals surface area contributed by atoms with E-state index in [2.05, 4.69) is 6.92 Å². The number of carboxylic acid groups (broad SMARTS) is 2. The Balaban J connectivity index is 1.36. The minimum atomic E-state index is -1.81. The van der Waals surface area contributed by atoms with Crippen LogP contribution in [0.4, 0.5) is 0 Å².